The summed E-state index contributed by atoms with van der Waals surface area (Å²) in [6.07, 6.45) is 4.57. The average molecular weight is 297 g/mol. The minimum Gasteiger partial charge on any atom is -0.394 e. The molecule has 0 bridgehead atoms. The van der Waals surface area contributed by atoms with Gasteiger partial charge in [-0.2, -0.15) is 0 Å². The molecule has 1 aliphatic rings. The molecule has 1 aromatic heterocycles. The topological polar surface area (TPSA) is 110 Å². The molecule has 0 unspecified atom stereocenters. The number of hydrogen-bond acceptors (Lipinski definition) is 5. The summed E-state index contributed by atoms with van der Waals surface area (Å²) >= 11 is 0. The Morgan fingerprint density at radius 2 is 2.00 bits per heavy atom. The number of H-pyrrole nitrogens is 1. The second kappa shape index (κ2) is 6.55. The van der Waals surface area contributed by atoms with Gasteiger partial charge in [0.1, 0.15) is 6.73 Å². The van der Waals surface area contributed by atoms with Crippen molar-refractivity contribution in [2.24, 2.45) is 5.73 Å². The van der Waals surface area contributed by atoms with Crippen LogP contribution in [0.4, 0.5) is 0 Å². The van der Waals surface area contributed by atoms with Crippen molar-refractivity contribution >= 4 is 0 Å². The Morgan fingerprint density at radius 1 is 1.33 bits per heavy atom. The number of nitrogens with one attached hydrogen (secondary N) is 1. The first-order chi connectivity index (χ1) is 9.99. The van der Waals surface area contributed by atoms with Gasteiger partial charge in [0.15, 0.2) is 0 Å². The Morgan fingerprint density at radius 3 is 2.62 bits per heavy atom. The minimum atomic E-state index is -0.668. The number of ether oxygens (including phenoxy) is 1. The average Bonchev–Trinajstić information content (AvgIpc) is 2.45. The fourth-order valence-electron chi connectivity index (χ4n) is 3.08. The molecule has 0 spiro atoms. The van der Waals surface area contributed by atoms with E-state index in [1.165, 1.54) is 4.57 Å². The lowest BCUT2D eigenvalue weighted by Gasteiger charge is -2.36. The molecule has 0 aromatic carbocycles. The maximum atomic E-state index is 12.1. The van der Waals surface area contributed by atoms with Gasteiger partial charge < -0.3 is 15.6 Å². The number of aliphatic hydroxyl groups excluding tert-OH is 1. The van der Waals surface area contributed by atoms with Gasteiger partial charge in [-0.15, -0.1) is 0 Å². The molecular formula is C14H23N3O4. The number of nitrogens with zero attached hydrogens (tertiary/aromatic N) is 1. The molecule has 0 amide bonds. The molecular weight excluding hydrogens is 274 g/mol. The summed E-state index contributed by atoms with van der Waals surface area (Å²) in [5.41, 5.74) is 5.95. The maximum Gasteiger partial charge on any atom is 0.330 e. The number of hydrogen-bond donors (Lipinski definition) is 3. The van der Waals surface area contributed by atoms with Crippen LogP contribution in [0.15, 0.2) is 9.59 Å². The predicted molar refractivity (Wildman–Crippen MR) is 78.0 cm³/mol. The fraction of sp³-hybridized carbons (Fsp3) is 0.714. The first-order valence-corrected chi connectivity index (χ1v) is 7.31. The summed E-state index contributed by atoms with van der Waals surface area (Å²) in [4.78, 5) is 26.3. The Hall–Kier alpha value is -1.44. The van der Waals surface area contributed by atoms with E-state index in [2.05, 4.69) is 4.98 Å². The Bertz CT molecular complexity index is 599. The van der Waals surface area contributed by atoms with E-state index in [9.17, 15) is 9.59 Å². The van der Waals surface area contributed by atoms with Gasteiger partial charge in [0, 0.05) is 5.56 Å². The monoisotopic (exact) mass is 297 g/mol. The van der Waals surface area contributed by atoms with Crippen LogP contribution in [0.25, 0.3) is 0 Å². The van der Waals surface area contributed by atoms with Crippen molar-refractivity contribution in [3.8, 4) is 0 Å². The number of aromatic nitrogens is 2. The quantitative estimate of drug-likeness (QED) is 0.659. The molecule has 0 aliphatic heterocycles. The highest BCUT2D eigenvalue weighted by atomic mass is 16.5. The summed E-state index contributed by atoms with van der Waals surface area (Å²) in [7, 11) is 0. The Kier molecular flexibility index (Phi) is 4.97. The zero-order valence-corrected chi connectivity index (χ0v) is 12.4. The van der Waals surface area contributed by atoms with Gasteiger partial charge in [0.25, 0.3) is 5.56 Å². The van der Waals surface area contributed by atoms with Gasteiger partial charge in [-0.05, 0) is 19.8 Å². The molecule has 0 radical (unpaired) electrons. The highest BCUT2D eigenvalue weighted by Crippen LogP contribution is 2.35. The highest BCUT2D eigenvalue weighted by Gasteiger charge is 2.34. The fourth-order valence-corrected chi connectivity index (χ4v) is 3.08. The lowest BCUT2D eigenvalue weighted by atomic mass is 9.78. The van der Waals surface area contributed by atoms with Crippen LogP contribution in [0.5, 0.6) is 0 Å². The third-order valence-corrected chi connectivity index (χ3v) is 4.10. The standard InChI is InChI=1S/C14H23N3O4/c1-10-11(14(15)5-3-2-4-6-14)17(9-21-8-7-18)13(20)16-12(10)19/h18H,2-9,15H2,1H3,(H,16,19,20). The van der Waals surface area contributed by atoms with Crippen molar-refractivity contribution in [2.75, 3.05) is 13.2 Å². The SMILES string of the molecule is Cc1c(C2(N)CCCCC2)n(COCCO)c(=O)[nH]c1=O. The Balaban J connectivity index is 2.50. The molecule has 0 atom stereocenters. The van der Waals surface area contributed by atoms with E-state index in [0.717, 1.165) is 32.1 Å². The second-order valence-electron chi connectivity index (χ2n) is 5.64. The third kappa shape index (κ3) is 3.25. The van der Waals surface area contributed by atoms with Gasteiger partial charge in [-0.25, -0.2) is 4.79 Å². The molecule has 21 heavy (non-hydrogen) atoms. The number of nitrogens with two attached hydrogens (primary N) is 1. The van der Waals surface area contributed by atoms with Crippen molar-refractivity contribution in [3.63, 3.8) is 0 Å². The molecule has 1 fully saturated rings. The van der Waals surface area contributed by atoms with Crippen LogP contribution in [-0.2, 0) is 17.0 Å². The molecule has 1 aromatic rings. The van der Waals surface area contributed by atoms with Gasteiger partial charge >= 0.3 is 5.69 Å². The first-order valence-electron chi connectivity index (χ1n) is 7.31. The van der Waals surface area contributed by atoms with Gasteiger partial charge in [-0.3, -0.25) is 14.3 Å². The molecule has 1 saturated carbocycles. The molecule has 1 heterocycles. The molecule has 4 N–H and O–H groups in total. The largest absolute Gasteiger partial charge is 0.394 e. The molecule has 118 valence electrons. The minimum absolute atomic E-state index is 0.0225. The lowest BCUT2D eigenvalue weighted by Crippen LogP contribution is -2.47. The summed E-state index contributed by atoms with van der Waals surface area (Å²) in [5.74, 6) is 0. The van der Waals surface area contributed by atoms with E-state index in [0.29, 0.717) is 11.3 Å². The van der Waals surface area contributed by atoms with Crippen LogP contribution in [0.3, 0.4) is 0 Å². The molecule has 1 aliphatic carbocycles. The van der Waals surface area contributed by atoms with E-state index in [1.54, 1.807) is 6.92 Å². The van der Waals surface area contributed by atoms with Crippen LogP contribution in [-0.4, -0.2) is 27.9 Å². The van der Waals surface area contributed by atoms with E-state index in [1.807, 2.05) is 0 Å². The first kappa shape index (κ1) is 15.9. The van der Waals surface area contributed by atoms with Crippen LogP contribution in [0, 0.1) is 6.92 Å². The van der Waals surface area contributed by atoms with Gasteiger partial charge in [0.05, 0.1) is 24.4 Å². The van der Waals surface area contributed by atoms with Gasteiger partial charge in [-0.1, -0.05) is 19.3 Å². The molecule has 2 rings (SSSR count). The van der Waals surface area contributed by atoms with Crippen molar-refractivity contribution < 1.29 is 9.84 Å². The van der Waals surface area contributed by atoms with Crippen LogP contribution < -0.4 is 17.0 Å². The van der Waals surface area contributed by atoms with Crippen LogP contribution >= 0.6 is 0 Å². The van der Waals surface area contributed by atoms with E-state index < -0.39 is 16.8 Å². The number of aliphatic hydroxyl groups is 1. The number of aromatic amines is 1. The second-order valence-corrected chi connectivity index (χ2v) is 5.64. The van der Waals surface area contributed by atoms with E-state index in [-0.39, 0.29) is 19.9 Å². The zero-order valence-electron chi connectivity index (χ0n) is 12.4. The van der Waals surface area contributed by atoms with E-state index >= 15 is 0 Å². The van der Waals surface area contributed by atoms with Crippen molar-refractivity contribution in [1.82, 2.24) is 9.55 Å². The summed E-state index contributed by atoms with van der Waals surface area (Å²) in [6, 6.07) is 0. The molecule has 7 heteroatoms. The maximum absolute atomic E-state index is 12.1. The van der Waals surface area contributed by atoms with Crippen molar-refractivity contribution in [3.05, 3.63) is 32.1 Å². The summed E-state index contributed by atoms with van der Waals surface area (Å²) in [5, 5.41) is 8.79. The van der Waals surface area contributed by atoms with Crippen LogP contribution in [0.2, 0.25) is 0 Å². The zero-order chi connectivity index (χ0) is 15.5. The third-order valence-electron chi connectivity index (χ3n) is 4.10. The Labute approximate surface area is 122 Å². The number of rotatable bonds is 5. The highest BCUT2D eigenvalue weighted by molar-refractivity contribution is 5.25. The van der Waals surface area contributed by atoms with E-state index in [4.69, 9.17) is 15.6 Å². The molecule has 7 nitrogen and oxygen atoms in total. The summed E-state index contributed by atoms with van der Waals surface area (Å²) in [6.45, 7) is 1.66. The van der Waals surface area contributed by atoms with Crippen LogP contribution in [0.1, 0.15) is 43.4 Å². The van der Waals surface area contributed by atoms with Crippen molar-refractivity contribution in [1.29, 1.82) is 0 Å². The van der Waals surface area contributed by atoms with Gasteiger partial charge in [0.2, 0.25) is 0 Å². The van der Waals surface area contributed by atoms with Crippen molar-refractivity contribution in [2.45, 2.75) is 51.3 Å². The summed E-state index contributed by atoms with van der Waals surface area (Å²) < 4.78 is 6.64. The smallest absolute Gasteiger partial charge is 0.330 e. The predicted octanol–water partition coefficient (Wildman–Crippen LogP) is -0.0705. The lowest BCUT2D eigenvalue weighted by molar-refractivity contribution is 0.0410. The molecule has 0 saturated heterocycles. The normalized spacial score (nSPS) is 17.9.